The minimum atomic E-state index is -0.867. The number of benzene rings is 1. The summed E-state index contributed by atoms with van der Waals surface area (Å²) >= 11 is 1.22. The molecule has 0 fully saturated rings. The van der Waals surface area contributed by atoms with Gasteiger partial charge >= 0.3 is 11.7 Å². The molecule has 0 bridgehead atoms. The summed E-state index contributed by atoms with van der Waals surface area (Å²) in [6.45, 7) is 2.01. The van der Waals surface area contributed by atoms with Crippen LogP contribution in [0.5, 0.6) is 5.75 Å². The Kier molecular flexibility index (Phi) is 6.55. The van der Waals surface area contributed by atoms with E-state index in [0.717, 1.165) is 19.2 Å². The van der Waals surface area contributed by atoms with Crippen molar-refractivity contribution in [3.05, 3.63) is 44.7 Å². The van der Waals surface area contributed by atoms with Crippen LogP contribution >= 0.6 is 11.3 Å². The van der Waals surface area contributed by atoms with Crippen molar-refractivity contribution in [2.75, 3.05) is 19.1 Å². The zero-order chi connectivity index (χ0) is 19.1. The van der Waals surface area contributed by atoms with Crippen LogP contribution in [0.25, 0.3) is 0 Å². The molecule has 0 atom stereocenters. The number of esters is 1. The maximum Gasteiger partial charge on any atom is 0.314 e. The summed E-state index contributed by atoms with van der Waals surface area (Å²) in [4.78, 5) is 25.8. The van der Waals surface area contributed by atoms with Gasteiger partial charge in [-0.1, -0.05) is 0 Å². The molecule has 0 unspecified atom stereocenters. The predicted octanol–water partition coefficient (Wildman–Crippen LogP) is 2.75. The summed E-state index contributed by atoms with van der Waals surface area (Å²) in [7, 11) is 1.15. The number of hydrazone groups is 1. The quantitative estimate of drug-likeness (QED) is 0.323. The van der Waals surface area contributed by atoms with E-state index in [1.165, 1.54) is 17.6 Å². The molecule has 0 aliphatic heterocycles. The average Bonchev–Trinajstić information content (AvgIpc) is 3.01. The molecule has 0 aliphatic rings. The molecule has 26 heavy (non-hydrogen) atoms. The molecule has 0 aliphatic carbocycles. The molecule has 9 nitrogen and oxygen atoms in total. The van der Waals surface area contributed by atoms with Crippen LogP contribution in [0.15, 0.2) is 22.6 Å². The molecular formula is C15H15FN4O5S. The number of methoxy groups -OCH3 is 1. The van der Waals surface area contributed by atoms with Crippen LogP contribution in [0, 0.1) is 15.9 Å². The second-order valence-corrected chi connectivity index (χ2v) is 5.67. The van der Waals surface area contributed by atoms with Gasteiger partial charge in [-0.3, -0.25) is 20.3 Å². The van der Waals surface area contributed by atoms with Gasteiger partial charge in [-0.2, -0.15) is 5.10 Å². The Morgan fingerprint density at radius 2 is 2.31 bits per heavy atom. The summed E-state index contributed by atoms with van der Waals surface area (Å²) in [6, 6.07) is 2.20. The van der Waals surface area contributed by atoms with Crippen molar-refractivity contribution in [1.82, 2.24) is 4.98 Å². The van der Waals surface area contributed by atoms with Gasteiger partial charge in [-0.15, -0.1) is 11.3 Å². The van der Waals surface area contributed by atoms with Crippen molar-refractivity contribution in [2.24, 2.45) is 5.10 Å². The maximum absolute atomic E-state index is 13.8. The summed E-state index contributed by atoms with van der Waals surface area (Å²) < 4.78 is 23.4. The summed E-state index contributed by atoms with van der Waals surface area (Å²) in [5.74, 6) is -1.69. The summed E-state index contributed by atoms with van der Waals surface area (Å²) in [5, 5.41) is 16.9. The lowest BCUT2D eigenvalue weighted by molar-refractivity contribution is -0.386. The van der Waals surface area contributed by atoms with Gasteiger partial charge in [-0.25, -0.2) is 9.37 Å². The average molecular weight is 382 g/mol. The first-order valence-electron chi connectivity index (χ1n) is 7.35. The Morgan fingerprint density at radius 3 is 2.96 bits per heavy atom. The van der Waals surface area contributed by atoms with E-state index in [0.29, 0.717) is 17.4 Å². The van der Waals surface area contributed by atoms with Crippen LogP contribution in [0.4, 0.5) is 15.2 Å². The van der Waals surface area contributed by atoms with Crippen molar-refractivity contribution in [3.8, 4) is 5.75 Å². The summed E-state index contributed by atoms with van der Waals surface area (Å²) in [6.07, 6.45) is 1.26. The van der Waals surface area contributed by atoms with E-state index in [4.69, 9.17) is 9.47 Å². The molecule has 138 valence electrons. The molecule has 2 aromatic rings. The van der Waals surface area contributed by atoms with Gasteiger partial charge in [0.1, 0.15) is 0 Å². The smallest absolute Gasteiger partial charge is 0.314 e. The largest absolute Gasteiger partial charge is 0.488 e. The van der Waals surface area contributed by atoms with Crippen LogP contribution in [0.1, 0.15) is 18.2 Å². The Labute approximate surface area is 151 Å². The Bertz CT molecular complexity index is 839. The van der Waals surface area contributed by atoms with E-state index in [-0.39, 0.29) is 18.0 Å². The number of carbonyl (C=O) groups excluding carboxylic acids is 1. The number of thiazole rings is 1. The molecule has 1 N–H and O–H groups in total. The SMILES string of the molecule is CCOC(=O)Cc1csc(NN=Cc2cc(F)c(OC)c([N+](=O)[O-])c2)n1. The Balaban J connectivity index is 2.06. The highest BCUT2D eigenvalue weighted by atomic mass is 32.1. The topological polar surface area (TPSA) is 116 Å². The third-order valence-electron chi connectivity index (χ3n) is 3.00. The third-order valence-corrected chi connectivity index (χ3v) is 3.80. The lowest BCUT2D eigenvalue weighted by Crippen LogP contribution is -2.07. The predicted molar refractivity (Wildman–Crippen MR) is 93.3 cm³/mol. The van der Waals surface area contributed by atoms with Crippen LogP contribution in [-0.2, 0) is 16.0 Å². The number of carbonyl (C=O) groups is 1. The van der Waals surface area contributed by atoms with Gasteiger partial charge in [0.05, 0.1) is 37.0 Å². The van der Waals surface area contributed by atoms with Crippen molar-refractivity contribution in [1.29, 1.82) is 0 Å². The number of ether oxygens (including phenoxy) is 2. The first kappa shape index (κ1) is 19.2. The second-order valence-electron chi connectivity index (χ2n) is 4.81. The molecule has 1 heterocycles. The van der Waals surface area contributed by atoms with Crippen molar-refractivity contribution in [2.45, 2.75) is 13.3 Å². The highest BCUT2D eigenvalue weighted by Crippen LogP contribution is 2.30. The number of anilines is 1. The van der Waals surface area contributed by atoms with Gasteiger partial charge in [0.25, 0.3) is 0 Å². The molecule has 2 rings (SSSR count). The molecule has 0 spiro atoms. The van der Waals surface area contributed by atoms with Crippen molar-refractivity contribution in [3.63, 3.8) is 0 Å². The number of aromatic nitrogens is 1. The van der Waals surface area contributed by atoms with Crippen molar-refractivity contribution < 1.29 is 23.6 Å². The van der Waals surface area contributed by atoms with Crippen LogP contribution in [0.3, 0.4) is 0 Å². The van der Waals surface area contributed by atoms with E-state index in [2.05, 4.69) is 15.5 Å². The number of nitro benzene ring substituents is 1. The normalized spacial score (nSPS) is 10.7. The van der Waals surface area contributed by atoms with Crippen molar-refractivity contribution >= 4 is 34.3 Å². The second kappa shape index (κ2) is 8.85. The van der Waals surface area contributed by atoms with Gasteiger partial charge in [-0.05, 0) is 13.0 Å². The minimum absolute atomic E-state index is 0.0472. The number of halogens is 1. The monoisotopic (exact) mass is 382 g/mol. The zero-order valence-electron chi connectivity index (χ0n) is 13.9. The molecular weight excluding hydrogens is 367 g/mol. The first-order chi connectivity index (χ1) is 12.4. The van der Waals surface area contributed by atoms with Gasteiger partial charge in [0.15, 0.2) is 5.82 Å². The minimum Gasteiger partial charge on any atom is -0.488 e. The number of hydrogen-bond donors (Lipinski definition) is 1. The molecule has 0 amide bonds. The van der Waals surface area contributed by atoms with Crippen LogP contribution < -0.4 is 10.2 Å². The third kappa shape index (κ3) is 4.96. The highest BCUT2D eigenvalue weighted by Gasteiger charge is 2.20. The van der Waals surface area contributed by atoms with Crippen LogP contribution in [0.2, 0.25) is 0 Å². The first-order valence-corrected chi connectivity index (χ1v) is 8.23. The standard InChI is InChI=1S/C15H15FN4O5S/c1-3-25-13(21)6-10-8-26-15(18-10)19-17-7-9-4-11(16)14(24-2)12(5-9)20(22)23/h4-5,7-8H,3,6H2,1-2H3,(H,18,19). The van der Waals surface area contributed by atoms with Gasteiger partial charge < -0.3 is 9.47 Å². The van der Waals surface area contributed by atoms with E-state index >= 15 is 0 Å². The molecule has 1 aromatic carbocycles. The fourth-order valence-corrected chi connectivity index (χ4v) is 2.63. The lowest BCUT2D eigenvalue weighted by Gasteiger charge is -2.04. The fourth-order valence-electron chi connectivity index (χ4n) is 1.97. The molecule has 1 aromatic heterocycles. The molecule has 0 saturated carbocycles. The zero-order valence-corrected chi connectivity index (χ0v) is 14.7. The number of hydrogen-bond acceptors (Lipinski definition) is 9. The highest BCUT2D eigenvalue weighted by molar-refractivity contribution is 7.13. The van der Waals surface area contributed by atoms with E-state index in [1.807, 2.05) is 0 Å². The van der Waals surface area contributed by atoms with E-state index < -0.39 is 22.2 Å². The number of nitrogens with zero attached hydrogens (tertiary/aromatic N) is 3. The maximum atomic E-state index is 13.8. The van der Waals surface area contributed by atoms with Gasteiger partial charge in [0.2, 0.25) is 10.9 Å². The molecule has 11 heteroatoms. The van der Waals surface area contributed by atoms with E-state index in [9.17, 15) is 19.3 Å². The summed E-state index contributed by atoms with van der Waals surface area (Å²) in [5.41, 5.74) is 2.81. The molecule has 0 saturated heterocycles. The lowest BCUT2D eigenvalue weighted by atomic mass is 10.2. The fraction of sp³-hybridized carbons (Fsp3) is 0.267. The Morgan fingerprint density at radius 1 is 1.54 bits per heavy atom. The van der Waals surface area contributed by atoms with Crippen LogP contribution in [-0.4, -0.2) is 35.8 Å². The Hall–Kier alpha value is -3.08. The van der Waals surface area contributed by atoms with E-state index in [1.54, 1.807) is 12.3 Å². The number of rotatable bonds is 8. The number of nitrogens with one attached hydrogen (secondary N) is 1. The molecule has 0 radical (unpaired) electrons. The van der Waals surface area contributed by atoms with Gasteiger partial charge in [0, 0.05) is 17.0 Å². The number of nitro groups is 1.